The number of hydrogen-bond acceptors (Lipinski definition) is 3. The number of hydrogen-bond donors (Lipinski definition) is 2. The lowest BCUT2D eigenvalue weighted by Gasteiger charge is -2.20. The Balaban J connectivity index is 3.23. The molecule has 2 nitrogen and oxygen atoms in total. The largest absolute Gasteiger partial charge is 0.394 e. The van der Waals surface area contributed by atoms with Crippen molar-refractivity contribution < 1.29 is 5.11 Å². The smallest absolute Gasteiger partial charge is 0.0608 e. The fourth-order valence-corrected chi connectivity index (χ4v) is 1.44. The highest BCUT2D eigenvalue weighted by atomic mass is 32.2. The second-order valence-electron chi connectivity index (χ2n) is 3.11. The summed E-state index contributed by atoms with van der Waals surface area (Å²) in [6.07, 6.45) is 2.02. The van der Waals surface area contributed by atoms with E-state index in [1.165, 1.54) is 5.75 Å². The van der Waals surface area contributed by atoms with Gasteiger partial charge in [-0.15, -0.1) is 0 Å². The minimum absolute atomic E-state index is 0.0871. The fraction of sp³-hybridized carbons (Fsp3) is 1.00. The van der Waals surface area contributed by atoms with E-state index in [1.807, 2.05) is 18.7 Å². The van der Waals surface area contributed by atoms with Crippen molar-refractivity contribution in [2.45, 2.75) is 32.2 Å². The molecule has 3 N–H and O–H groups in total. The van der Waals surface area contributed by atoms with Crippen LogP contribution in [0.1, 0.15) is 26.7 Å². The van der Waals surface area contributed by atoms with Crippen LogP contribution in [0.25, 0.3) is 0 Å². The van der Waals surface area contributed by atoms with Gasteiger partial charge in [0.1, 0.15) is 0 Å². The highest BCUT2D eigenvalue weighted by Gasteiger charge is 2.15. The predicted octanol–water partition coefficient (Wildman–Crippen LogP) is 1.23. The standard InChI is InChI=1S/C8H19NOS/c1-3-11-6-4-5-8(2,9)7-10/h10H,3-7,9H2,1-2H3. The van der Waals surface area contributed by atoms with Crippen molar-refractivity contribution in [3.05, 3.63) is 0 Å². The zero-order valence-electron chi connectivity index (χ0n) is 7.47. The van der Waals surface area contributed by atoms with Gasteiger partial charge < -0.3 is 10.8 Å². The number of rotatable bonds is 6. The molecule has 0 aromatic heterocycles. The third kappa shape index (κ3) is 6.66. The lowest BCUT2D eigenvalue weighted by Crippen LogP contribution is -2.40. The van der Waals surface area contributed by atoms with E-state index in [4.69, 9.17) is 10.8 Å². The van der Waals surface area contributed by atoms with Crippen LogP contribution in [0.2, 0.25) is 0 Å². The molecule has 0 saturated heterocycles. The topological polar surface area (TPSA) is 46.2 Å². The Labute approximate surface area is 73.6 Å². The highest BCUT2D eigenvalue weighted by Crippen LogP contribution is 2.11. The fourth-order valence-electron chi connectivity index (χ4n) is 0.801. The van der Waals surface area contributed by atoms with Crippen LogP contribution < -0.4 is 5.73 Å². The first-order valence-electron chi connectivity index (χ1n) is 4.10. The van der Waals surface area contributed by atoms with Gasteiger partial charge in [0.15, 0.2) is 0 Å². The monoisotopic (exact) mass is 177 g/mol. The Morgan fingerprint density at radius 1 is 1.55 bits per heavy atom. The van der Waals surface area contributed by atoms with E-state index in [-0.39, 0.29) is 12.1 Å². The molecule has 0 aliphatic heterocycles. The van der Waals surface area contributed by atoms with Crippen LogP contribution in [-0.4, -0.2) is 28.8 Å². The quantitative estimate of drug-likeness (QED) is 0.600. The Morgan fingerprint density at radius 3 is 2.64 bits per heavy atom. The van der Waals surface area contributed by atoms with Crippen molar-refractivity contribution in [1.29, 1.82) is 0 Å². The van der Waals surface area contributed by atoms with Crippen LogP contribution in [0.15, 0.2) is 0 Å². The normalized spacial score (nSPS) is 16.4. The van der Waals surface area contributed by atoms with E-state index in [0.29, 0.717) is 0 Å². The van der Waals surface area contributed by atoms with Gasteiger partial charge in [0.25, 0.3) is 0 Å². The summed E-state index contributed by atoms with van der Waals surface area (Å²) in [6.45, 7) is 4.13. The van der Waals surface area contributed by atoms with Gasteiger partial charge in [0.05, 0.1) is 6.61 Å². The Hall–Kier alpha value is 0.270. The van der Waals surface area contributed by atoms with E-state index in [1.54, 1.807) is 0 Å². The van der Waals surface area contributed by atoms with E-state index >= 15 is 0 Å². The van der Waals surface area contributed by atoms with Crippen molar-refractivity contribution in [2.75, 3.05) is 18.1 Å². The molecule has 0 fully saturated rings. The van der Waals surface area contributed by atoms with Gasteiger partial charge in [-0.05, 0) is 31.3 Å². The molecule has 3 heteroatoms. The maximum absolute atomic E-state index is 8.82. The zero-order valence-corrected chi connectivity index (χ0v) is 8.28. The summed E-state index contributed by atoms with van der Waals surface area (Å²) in [5.41, 5.74) is 5.37. The first-order valence-corrected chi connectivity index (χ1v) is 5.25. The van der Waals surface area contributed by atoms with Crippen LogP contribution in [0.3, 0.4) is 0 Å². The van der Waals surface area contributed by atoms with Gasteiger partial charge in [-0.1, -0.05) is 6.92 Å². The zero-order chi connectivity index (χ0) is 8.74. The molecule has 0 aromatic rings. The summed E-state index contributed by atoms with van der Waals surface area (Å²) in [6, 6.07) is 0. The highest BCUT2D eigenvalue weighted by molar-refractivity contribution is 7.99. The molecule has 68 valence electrons. The minimum Gasteiger partial charge on any atom is -0.394 e. The van der Waals surface area contributed by atoms with Gasteiger partial charge in [-0.25, -0.2) is 0 Å². The van der Waals surface area contributed by atoms with E-state index in [2.05, 4.69) is 6.92 Å². The molecule has 0 amide bonds. The lowest BCUT2D eigenvalue weighted by molar-refractivity contribution is 0.200. The molecule has 0 heterocycles. The van der Waals surface area contributed by atoms with Gasteiger partial charge in [-0.2, -0.15) is 11.8 Å². The third-order valence-corrected chi connectivity index (χ3v) is 2.59. The SMILES string of the molecule is CCSCCCC(C)(N)CO. The molecule has 0 saturated carbocycles. The lowest BCUT2D eigenvalue weighted by atomic mass is 9.99. The molecular weight excluding hydrogens is 158 g/mol. The molecule has 1 unspecified atom stereocenters. The summed E-state index contributed by atoms with van der Waals surface area (Å²) in [4.78, 5) is 0. The first kappa shape index (κ1) is 11.3. The Kier molecular flexibility index (Phi) is 6.01. The second kappa shape index (κ2) is 5.86. The van der Waals surface area contributed by atoms with Crippen molar-refractivity contribution in [3.63, 3.8) is 0 Å². The van der Waals surface area contributed by atoms with Gasteiger partial charge in [0, 0.05) is 5.54 Å². The van der Waals surface area contributed by atoms with Crippen LogP contribution in [0.4, 0.5) is 0 Å². The van der Waals surface area contributed by atoms with E-state index < -0.39 is 0 Å². The molecule has 0 spiro atoms. The summed E-state index contributed by atoms with van der Waals surface area (Å²) in [5, 5.41) is 8.82. The molecule has 0 aromatic carbocycles. The van der Waals surface area contributed by atoms with Gasteiger partial charge in [0.2, 0.25) is 0 Å². The molecule has 0 radical (unpaired) electrons. The first-order chi connectivity index (χ1) is 5.12. The van der Waals surface area contributed by atoms with E-state index in [0.717, 1.165) is 18.6 Å². The minimum atomic E-state index is -0.367. The third-order valence-electron chi connectivity index (χ3n) is 1.60. The summed E-state index contributed by atoms with van der Waals surface area (Å²) in [5.74, 6) is 2.32. The average Bonchev–Trinajstić information content (AvgIpc) is 1.99. The molecule has 0 rings (SSSR count). The van der Waals surface area contributed by atoms with Crippen LogP contribution in [0, 0.1) is 0 Å². The maximum atomic E-state index is 8.82. The van der Waals surface area contributed by atoms with E-state index in [9.17, 15) is 0 Å². The predicted molar refractivity (Wildman–Crippen MR) is 51.9 cm³/mol. The molecule has 0 bridgehead atoms. The van der Waals surface area contributed by atoms with Crippen molar-refractivity contribution in [2.24, 2.45) is 5.73 Å². The molecule has 11 heavy (non-hydrogen) atoms. The number of aliphatic hydroxyl groups excluding tert-OH is 1. The number of thioether (sulfide) groups is 1. The summed E-state index contributed by atoms with van der Waals surface area (Å²) < 4.78 is 0. The summed E-state index contributed by atoms with van der Waals surface area (Å²) in [7, 11) is 0. The van der Waals surface area contributed by atoms with Crippen molar-refractivity contribution in [1.82, 2.24) is 0 Å². The van der Waals surface area contributed by atoms with Crippen molar-refractivity contribution in [3.8, 4) is 0 Å². The molecule has 1 atom stereocenters. The van der Waals surface area contributed by atoms with Crippen molar-refractivity contribution >= 4 is 11.8 Å². The summed E-state index contributed by atoms with van der Waals surface area (Å²) >= 11 is 1.92. The van der Waals surface area contributed by atoms with Gasteiger partial charge in [-0.3, -0.25) is 0 Å². The van der Waals surface area contributed by atoms with Crippen LogP contribution >= 0.6 is 11.8 Å². The molecular formula is C8H19NOS. The molecule has 0 aliphatic carbocycles. The average molecular weight is 177 g/mol. The van der Waals surface area contributed by atoms with Crippen LogP contribution in [-0.2, 0) is 0 Å². The second-order valence-corrected chi connectivity index (χ2v) is 4.51. The number of aliphatic hydroxyl groups is 1. The Bertz CT molecular complexity index is 96.1. The maximum Gasteiger partial charge on any atom is 0.0608 e. The van der Waals surface area contributed by atoms with Gasteiger partial charge >= 0.3 is 0 Å². The van der Waals surface area contributed by atoms with Crippen LogP contribution in [0.5, 0.6) is 0 Å². The Morgan fingerprint density at radius 2 is 2.18 bits per heavy atom. The number of nitrogens with two attached hydrogens (primary N) is 1. The molecule has 0 aliphatic rings.